The topological polar surface area (TPSA) is 108 Å². The van der Waals surface area contributed by atoms with Crippen molar-refractivity contribution in [3.63, 3.8) is 0 Å². The molecule has 1 fully saturated rings. The van der Waals surface area contributed by atoms with Gasteiger partial charge in [0.25, 0.3) is 5.91 Å². The summed E-state index contributed by atoms with van der Waals surface area (Å²) in [7, 11) is 1.42. The van der Waals surface area contributed by atoms with E-state index < -0.39 is 29.6 Å². The lowest BCUT2D eigenvalue weighted by Gasteiger charge is -2.18. The molecule has 5 amide bonds. The van der Waals surface area contributed by atoms with E-state index in [0.29, 0.717) is 0 Å². The van der Waals surface area contributed by atoms with Crippen LogP contribution in [0.1, 0.15) is 26.7 Å². The van der Waals surface area contributed by atoms with Crippen LogP contribution < -0.4 is 15.4 Å². The van der Waals surface area contributed by atoms with Crippen LogP contribution in [0.2, 0.25) is 0 Å². The van der Waals surface area contributed by atoms with Crippen molar-refractivity contribution in [2.24, 2.45) is 0 Å². The van der Waals surface area contributed by atoms with E-state index in [1.807, 2.05) is 0 Å². The molecule has 2 rings (SSSR count). The van der Waals surface area contributed by atoms with Gasteiger partial charge >= 0.3 is 12.4 Å². The molecule has 170 valence electrons. The van der Waals surface area contributed by atoms with Gasteiger partial charge in [-0.2, -0.15) is 0 Å². The molecule has 9 nitrogen and oxygen atoms in total. The molecule has 2 N–H and O–H groups in total. The maximum absolute atomic E-state index is 12.2. The highest BCUT2D eigenvalue weighted by molar-refractivity contribution is 6.06. The SMILES string of the molecule is CN(CC(=O)Nc1ccc(OC(F)(F)F)cc1)C(=O)CCCN1C(=O)NC(C)(C)C1=O. The maximum Gasteiger partial charge on any atom is 0.573 e. The number of nitrogens with one attached hydrogen (secondary N) is 2. The van der Waals surface area contributed by atoms with E-state index >= 15 is 0 Å². The molecular weight excluding hydrogens is 421 g/mol. The number of carbonyl (C=O) groups is 4. The fourth-order valence-electron chi connectivity index (χ4n) is 2.84. The summed E-state index contributed by atoms with van der Waals surface area (Å²) in [6, 6.07) is 4.06. The number of alkyl halides is 3. The largest absolute Gasteiger partial charge is 0.573 e. The number of ether oxygens (including phenoxy) is 1. The van der Waals surface area contributed by atoms with Crippen LogP contribution in [-0.2, 0) is 14.4 Å². The summed E-state index contributed by atoms with van der Waals surface area (Å²) >= 11 is 0. The number of nitrogens with zero attached hydrogens (tertiary/aromatic N) is 2. The predicted octanol–water partition coefficient (Wildman–Crippen LogP) is 2.09. The van der Waals surface area contributed by atoms with Crippen LogP contribution in [0.4, 0.5) is 23.7 Å². The second-order valence-corrected chi connectivity index (χ2v) is 7.49. The first-order valence-electron chi connectivity index (χ1n) is 9.32. The van der Waals surface area contributed by atoms with Gasteiger partial charge in [-0.05, 0) is 44.5 Å². The highest BCUT2D eigenvalue weighted by Gasteiger charge is 2.43. The fourth-order valence-corrected chi connectivity index (χ4v) is 2.84. The van der Waals surface area contributed by atoms with E-state index in [4.69, 9.17) is 0 Å². The standard InChI is InChI=1S/C19H23F3N4O5/c1-18(2)16(29)26(17(30)24-18)10-4-5-15(28)25(3)11-14(27)23-12-6-8-13(9-7-12)31-19(20,21)22/h6-9H,4-5,10-11H2,1-3H3,(H,23,27)(H,24,30). The zero-order chi connectivity index (χ0) is 23.4. The number of halogens is 3. The predicted molar refractivity (Wildman–Crippen MR) is 103 cm³/mol. The third-order valence-electron chi connectivity index (χ3n) is 4.39. The molecule has 1 aromatic carbocycles. The number of urea groups is 1. The van der Waals surface area contributed by atoms with Crippen molar-refractivity contribution in [1.82, 2.24) is 15.1 Å². The van der Waals surface area contributed by atoms with Crippen molar-refractivity contribution in [2.75, 3.05) is 25.5 Å². The number of imide groups is 1. The maximum atomic E-state index is 12.2. The minimum absolute atomic E-state index is 0.0186. The first-order valence-corrected chi connectivity index (χ1v) is 9.32. The average molecular weight is 444 g/mol. The summed E-state index contributed by atoms with van der Waals surface area (Å²) in [5.74, 6) is -1.71. The quantitative estimate of drug-likeness (QED) is 0.597. The molecule has 0 aliphatic carbocycles. The molecule has 1 saturated heterocycles. The van der Waals surface area contributed by atoms with Crippen LogP contribution >= 0.6 is 0 Å². The number of likely N-dealkylation sites (N-methyl/N-ethyl adjacent to an activating group) is 1. The molecule has 0 aromatic heterocycles. The lowest BCUT2D eigenvalue weighted by molar-refractivity contribution is -0.274. The zero-order valence-corrected chi connectivity index (χ0v) is 17.2. The average Bonchev–Trinajstić information content (AvgIpc) is 2.83. The Bertz CT molecular complexity index is 855. The van der Waals surface area contributed by atoms with Crippen LogP contribution in [0.5, 0.6) is 5.75 Å². The van der Waals surface area contributed by atoms with Gasteiger partial charge in [-0.3, -0.25) is 19.3 Å². The van der Waals surface area contributed by atoms with Crippen LogP contribution in [0.15, 0.2) is 24.3 Å². The Kier molecular flexibility index (Phi) is 7.13. The Morgan fingerprint density at radius 1 is 1.19 bits per heavy atom. The van der Waals surface area contributed by atoms with Gasteiger partial charge in [-0.15, -0.1) is 13.2 Å². The van der Waals surface area contributed by atoms with Gasteiger partial charge < -0.3 is 20.3 Å². The Morgan fingerprint density at radius 2 is 1.81 bits per heavy atom. The molecule has 0 spiro atoms. The summed E-state index contributed by atoms with van der Waals surface area (Å²) in [6.45, 7) is 2.96. The van der Waals surface area contributed by atoms with E-state index in [1.165, 1.54) is 24.1 Å². The van der Waals surface area contributed by atoms with Gasteiger partial charge in [-0.1, -0.05) is 0 Å². The number of hydrogen-bond donors (Lipinski definition) is 2. The molecule has 1 aliphatic heterocycles. The van der Waals surface area contributed by atoms with E-state index in [-0.39, 0.29) is 43.4 Å². The molecular formula is C19H23F3N4O5. The van der Waals surface area contributed by atoms with Crippen LogP contribution in [0.3, 0.4) is 0 Å². The number of benzene rings is 1. The monoisotopic (exact) mass is 444 g/mol. The van der Waals surface area contributed by atoms with Crippen molar-refractivity contribution < 1.29 is 37.1 Å². The fraction of sp³-hybridized carbons (Fsp3) is 0.474. The molecule has 12 heteroatoms. The number of anilines is 1. The summed E-state index contributed by atoms with van der Waals surface area (Å²) in [6.07, 6.45) is -4.55. The van der Waals surface area contributed by atoms with Crippen molar-refractivity contribution in [1.29, 1.82) is 0 Å². The van der Waals surface area contributed by atoms with Crippen LogP contribution in [-0.4, -0.2) is 65.6 Å². The number of rotatable bonds is 8. The highest BCUT2D eigenvalue weighted by atomic mass is 19.4. The van der Waals surface area contributed by atoms with Gasteiger partial charge in [0.05, 0.1) is 6.54 Å². The Balaban J connectivity index is 1.76. The smallest absolute Gasteiger partial charge is 0.406 e. The number of amides is 5. The molecule has 1 heterocycles. The van der Waals surface area contributed by atoms with Crippen molar-refractivity contribution in [2.45, 2.75) is 38.6 Å². The van der Waals surface area contributed by atoms with Crippen LogP contribution in [0.25, 0.3) is 0 Å². The summed E-state index contributed by atoms with van der Waals surface area (Å²) in [5, 5.41) is 5.01. The van der Waals surface area contributed by atoms with E-state index in [9.17, 15) is 32.3 Å². The lowest BCUT2D eigenvalue weighted by atomic mass is 10.1. The molecule has 31 heavy (non-hydrogen) atoms. The minimum atomic E-state index is -4.81. The van der Waals surface area contributed by atoms with Crippen molar-refractivity contribution in [3.05, 3.63) is 24.3 Å². The van der Waals surface area contributed by atoms with Crippen molar-refractivity contribution in [3.8, 4) is 5.75 Å². The van der Waals surface area contributed by atoms with Crippen molar-refractivity contribution >= 4 is 29.4 Å². The molecule has 0 radical (unpaired) electrons. The normalized spacial score (nSPS) is 15.5. The second-order valence-electron chi connectivity index (χ2n) is 7.49. The molecule has 0 atom stereocenters. The summed E-state index contributed by atoms with van der Waals surface area (Å²) in [4.78, 5) is 50.4. The Labute approximate surface area is 176 Å². The number of carbonyl (C=O) groups excluding carboxylic acids is 4. The number of hydrogen-bond acceptors (Lipinski definition) is 5. The van der Waals surface area contributed by atoms with Gasteiger partial charge in [0.2, 0.25) is 11.8 Å². The lowest BCUT2D eigenvalue weighted by Crippen LogP contribution is -2.40. The molecule has 1 aromatic rings. The first kappa shape index (κ1) is 24.0. The van der Waals surface area contributed by atoms with Gasteiger partial charge in [0, 0.05) is 25.7 Å². The minimum Gasteiger partial charge on any atom is -0.406 e. The zero-order valence-electron chi connectivity index (χ0n) is 17.2. The third-order valence-corrected chi connectivity index (χ3v) is 4.39. The molecule has 0 unspecified atom stereocenters. The Morgan fingerprint density at radius 3 is 2.32 bits per heavy atom. The summed E-state index contributed by atoms with van der Waals surface area (Å²) in [5.41, 5.74) is -0.742. The van der Waals surface area contributed by atoms with E-state index in [1.54, 1.807) is 13.8 Å². The molecule has 1 aliphatic rings. The highest BCUT2D eigenvalue weighted by Crippen LogP contribution is 2.24. The van der Waals surface area contributed by atoms with E-state index in [0.717, 1.165) is 17.0 Å². The van der Waals surface area contributed by atoms with Gasteiger partial charge in [0.15, 0.2) is 0 Å². The van der Waals surface area contributed by atoms with Crippen LogP contribution in [0, 0.1) is 0 Å². The van der Waals surface area contributed by atoms with Gasteiger partial charge in [-0.25, -0.2) is 4.79 Å². The Hall–Kier alpha value is -3.31. The second kappa shape index (κ2) is 9.23. The van der Waals surface area contributed by atoms with Gasteiger partial charge in [0.1, 0.15) is 11.3 Å². The summed E-state index contributed by atoms with van der Waals surface area (Å²) < 4.78 is 40.2. The van der Waals surface area contributed by atoms with E-state index in [2.05, 4.69) is 15.4 Å². The molecule has 0 saturated carbocycles. The third kappa shape index (κ3) is 6.86. The molecule has 0 bridgehead atoms. The first-order chi connectivity index (χ1) is 14.3.